The summed E-state index contributed by atoms with van der Waals surface area (Å²) < 4.78 is 165. The lowest BCUT2D eigenvalue weighted by Gasteiger charge is -2.46. The van der Waals surface area contributed by atoms with Crippen molar-refractivity contribution in [2.75, 3.05) is 9.80 Å². The van der Waals surface area contributed by atoms with Gasteiger partial charge in [0.05, 0.1) is 55.4 Å². The number of furan rings is 1. The van der Waals surface area contributed by atoms with Crippen LogP contribution in [0.2, 0.25) is 0 Å². The standard InChI is InChI=1S/C122H73BN4O/c1-5-25-90-74(21-1)43-47-79-65-83(51-58-94(79)90)98-34-19-35-99(84-52-59-95-80(66-84)48-44-75-22-2-6-26-91(75)95)121(98)126-114-72-88(124-110-38-14-9-29-102(110)103-30-10-15-39-111(103)124)56-62-108(114)123-109-63-57-89(125-112-40-16-11-31-104(112)105-32-12-17-41-113(105)125)73-115(109)127(117-71-87(70-116(126)120(117)123)78-55-64-119-107(69-78)106-33-13-18-42-118(106)128-119)122-100(85-53-60-96-81(67-85)49-45-76-23-3-7-27-92(76)96)36-20-37-101(122)86-54-61-97-82(68-86)50-46-77-24-4-8-28-93(77)97/h1-73H/i9D,10D,11D,12D,14D,15D,16D,17D,29D,30D,31D,32D,38D,39D,40D,41D. The minimum Gasteiger partial charge on any atom is -0.456 e. The Bertz CT molecular complexity index is 9450. The van der Waals surface area contributed by atoms with Crippen molar-refractivity contribution in [2.24, 2.45) is 0 Å². The predicted molar refractivity (Wildman–Crippen MR) is 544 cm³/mol. The summed E-state index contributed by atoms with van der Waals surface area (Å²) in [5.41, 5.74) is 15.7. The van der Waals surface area contributed by atoms with Gasteiger partial charge in [0.2, 0.25) is 0 Å². The van der Waals surface area contributed by atoms with Gasteiger partial charge in [-0.05, 0) is 239 Å². The van der Waals surface area contributed by atoms with Gasteiger partial charge in [0.15, 0.2) is 0 Å². The van der Waals surface area contributed by atoms with Crippen molar-refractivity contribution in [1.29, 1.82) is 0 Å². The number of rotatable bonds is 9. The van der Waals surface area contributed by atoms with Crippen LogP contribution in [0.5, 0.6) is 0 Å². The van der Waals surface area contributed by atoms with Crippen molar-refractivity contribution < 1.29 is 26.3 Å². The second kappa shape index (κ2) is 27.4. The van der Waals surface area contributed by atoms with Crippen LogP contribution in [0.15, 0.2) is 447 Å². The van der Waals surface area contributed by atoms with Gasteiger partial charge < -0.3 is 23.4 Å². The maximum atomic E-state index is 10.1. The van der Waals surface area contributed by atoms with E-state index in [1.54, 1.807) is 9.13 Å². The number of para-hydroxylation sites is 7. The molecule has 0 radical (unpaired) electrons. The molecular weight excluding hydrogens is 1550 g/mol. The lowest BCUT2D eigenvalue weighted by Crippen LogP contribution is -2.61. The van der Waals surface area contributed by atoms with Crippen molar-refractivity contribution in [3.8, 4) is 67.0 Å². The fraction of sp³-hybridized carbons (Fsp3) is 0. The largest absolute Gasteiger partial charge is 0.456 e. The lowest BCUT2D eigenvalue weighted by atomic mass is 9.33. The Labute approximate surface area is 759 Å². The van der Waals surface area contributed by atoms with E-state index in [1.807, 2.05) is 84.9 Å². The second-order valence-corrected chi connectivity index (χ2v) is 33.7. The minimum absolute atomic E-state index is 0.0779. The van der Waals surface area contributed by atoms with Crippen LogP contribution in [0.4, 0.5) is 34.1 Å². The molecule has 590 valence electrons. The van der Waals surface area contributed by atoms with E-state index in [-0.39, 0.29) is 55.0 Å². The SMILES string of the molecule is [2H]c1c([2H])c([2H])c2c(c1[2H])c1c([2H])c([2H])c([2H])c([2H])c1n2-c1ccc2c(c1)N(c1c(-c3ccc4c(ccc5ccccc54)c3)cccc1-c1ccc3c(ccc4ccccc43)c1)c1cc(-c3ccc4oc5ccccc5c4c3)cc3c1B2c1ccc(-n2c4c([2H])c([2H])c([2H])c([2H])c4c4c([2H])c([2H])c([2H])c([2H])c42)cc1N3c1c(-c2ccc3c(ccc4ccccc43)c2)cccc1-c1ccc2c(ccc3ccccc32)c1. The van der Waals surface area contributed by atoms with Crippen molar-refractivity contribution in [2.45, 2.75) is 0 Å². The number of hydrogen-bond donors (Lipinski definition) is 0. The van der Waals surface area contributed by atoms with E-state index in [0.717, 1.165) is 158 Å². The highest BCUT2D eigenvalue weighted by Gasteiger charge is 2.46. The van der Waals surface area contributed by atoms with Gasteiger partial charge in [0.25, 0.3) is 6.71 Å². The second-order valence-electron chi connectivity index (χ2n) is 33.7. The van der Waals surface area contributed by atoms with Gasteiger partial charge in [-0.15, -0.1) is 0 Å². The molecule has 0 saturated heterocycles. The highest BCUT2D eigenvalue weighted by Crippen LogP contribution is 2.56. The van der Waals surface area contributed by atoms with Gasteiger partial charge >= 0.3 is 0 Å². The molecule has 0 spiro atoms. The Morgan fingerprint density at radius 3 is 0.914 bits per heavy atom. The lowest BCUT2D eigenvalue weighted by molar-refractivity contribution is 0.669. The first-order chi connectivity index (χ1) is 70.1. The minimum atomic E-state index is -0.887. The van der Waals surface area contributed by atoms with Crippen LogP contribution in [0, 0.1) is 0 Å². The van der Waals surface area contributed by atoms with Gasteiger partial charge in [-0.1, -0.05) is 339 Å². The number of nitrogens with zero attached hydrogens (tertiary/aromatic N) is 4. The Morgan fingerprint density at radius 2 is 0.531 bits per heavy atom. The first-order valence-electron chi connectivity index (χ1n) is 51.0. The van der Waals surface area contributed by atoms with Crippen LogP contribution in [0.1, 0.15) is 21.9 Å². The third kappa shape index (κ3) is 10.5. The van der Waals surface area contributed by atoms with E-state index < -0.39 is 103 Å². The summed E-state index contributed by atoms with van der Waals surface area (Å²) in [5.74, 6) is 0. The molecule has 0 unspecified atom stereocenters. The smallest absolute Gasteiger partial charge is 0.252 e. The third-order valence-corrected chi connectivity index (χ3v) is 27.1. The summed E-state index contributed by atoms with van der Waals surface area (Å²) in [6, 6.07) is 112. The fourth-order valence-electron chi connectivity index (χ4n) is 21.4. The molecule has 28 rings (SSSR count). The van der Waals surface area contributed by atoms with Crippen molar-refractivity contribution in [3.05, 3.63) is 442 Å². The number of anilines is 6. The van der Waals surface area contributed by atoms with Crippen molar-refractivity contribution in [3.63, 3.8) is 0 Å². The molecule has 3 aromatic heterocycles. The fourth-order valence-corrected chi connectivity index (χ4v) is 21.4. The topological polar surface area (TPSA) is 29.5 Å². The summed E-state index contributed by atoms with van der Waals surface area (Å²) in [7, 11) is 0. The van der Waals surface area contributed by atoms with Crippen LogP contribution < -0.4 is 26.2 Å². The maximum absolute atomic E-state index is 10.1. The van der Waals surface area contributed by atoms with Crippen LogP contribution >= 0.6 is 0 Å². The first kappa shape index (κ1) is 56.8. The van der Waals surface area contributed by atoms with Crippen molar-refractivity contribution in [1.82, 2.24) is 9.13 Å². The molecule has 0 bridgehead atoms. The molecule has 5 heterocycles. The molecule has 6 heteroatoms. The Kier molecular flexibility index (Phi) is 12.1. The molecule has 0 saturated carbocycles. The number of aromatic nitrogens is 2. The Morgan fingerprint density at radius 1 is 0.211 bits per heavy atom. The normalized spacial score (nSPS) is 14.4. The third-order valence-electron chi connectivity index (χ3n) is 27.1. The van der Waals surface area contributed by atoms with E-state index in [4.69, 9.17) is 4.42 Å². The Balaban J connectivity index is 0.833. The average Bonchev–Trinajstić information content (AvgIpc) is 1.14. The van der Waals surface area contributed by atoms with Crippen LogP contribution in [0.25, 0.3) is 219 Å². The van der Waals surface area contributed by atoms with Gasteiger partial charge in [-0.2, -0.15) is 0 Å². The zero-order valence-electron chi connectivity index (χ0n) is 84.2. The highest BCUT2D eigenvalue weighted by atomic mass is 16.3. The number of fused-ring (bicyclic) bond motifs is 25. The molecule has 26 aromatic rings. The zero-order valence-corrected chi connectivity index (χ0v) is 68.2. The molecule has 2 aliphatic rings. The van der Waals surface area contributed by atoms with Gasteiger partial charge in [0.1, 0.15) is 11.2 Å². The summed E-state index contributed by atoms with van der Waals surface area (Å²) in [4.78, 5) is 4.71. The molecular formula is C122H73BN4O. The molecule has 0 amide bonds. The van der Waals surface area contributed by atoms with Crippen molar-refractivity contribution >= 4 is 209 Å². The van der Waals surface area contributed by atoms with Gasteiger partial charge in [-0.3, -0.25) is 0 Å². The monoisotopic (exact) mass is 1640 g/mol. The summed E-state index contributed by atoms with van der Waals surface area (Å²) in [5, 5.41) is 18.1. The van der Waals surface area contributed by atoms with Crippen LogP contribution in [-0.2, 0) is 0 Å². The summed E-state index contributed by atoms with van der Waals surface area (Å²) in [6.45, 7) is -0.887. The highest BCUT2D eigenvalue weighted by molar-refractivity contribution is 7.00. The number of hydrogen-bond acceptors (Lipinski definition) is 3. The first-order valence-corrected chi connectivity index (χ1v) is 43.0. The van der Waals surface area contributed by atoms with E-state index in [1.165, 1.54) is 0 Å². The summed E-state index contributed by atoms with van der Waals surface area (Å²) >= 11 is 0. The average molecular weight is 1640 g/mol. The van der Waals surface area contributed by atoms with E-state index >= 15 is 0 Å². The van der Waals surface area contributed by atoms with E-state index in [2.05, 4.69) is 271 Å². The molecule has 0 N–H and O–H groups in total. The van der Waals surface area contributed by atoms with Crippen LogP contribution in [-0.4, -0.2) is 15.8 Å². The summed E-state index contributed by atoms with van der Waals surface area (Å²) in [6.07, 6.45) is 0. The molecule has 0 aliphatic carbocycles. The molecule has 0 fully saturated rings. The Hall–Kier alpha value is -16.8. The molecule has 23 aromatic carbocycles. The quantitative estimate of drug-likeness (QED) is 0.107. The van der Waals surface area contributed by atoms with Gasteiger partial charge in [-0.25, -0.2) is 0 Å². The molecule has 128 heavy (non-hydrogen) atoms. The van der Waals surface area contributed by atoms with Crippen LogP contribution in [0.3, 0.4) is 0 Å². The number of benzene rings is 23. The molecule has 5 nitrogen and oxygen atoms in total. The maximum Gasteiger partial charge on any atom is 0.252 e. The van der Waals surface area contributed by atoms with E-state index in [0.29, 0.717) is 56.2 Å². The molecule has 2 aliphatic heterocycles. The van der Waals surface area contributed by atoms with Gasteiger partial charge in [0, 0.05) is 88.7 Å². The molecule has 0 atom stereocenters. The predicted octanol–water partition coefficient (Wildman–Crippen LogP) is 31.4. The zero-order chi connectivity index (χ0) is 97.4. The van der Waals surface area contributed by atoms with E-state index in [9.17, 15) is 21.9 Å².